The summed E-state index contributed by atoms with van der Waals surface area (Å²) in [7, 11) is 0. The van der Waals surface area contributed by atoms with Crippen LogP contribution in [0.4, 0.5) is 0 Å². The largest absolute Gasteiger partial charge is 0.460 e. The summed E-state index contributed by atoms with van der Waals surface area (Å²) in [5.41, 5.74) is 13.9. The van der Waals surface area contributed by atoms with E-state index in [0.29, 0.717) is 0 Å². The number of hydrogen-bond donors (Lipinski definition) is 0. The van der Waals surface area contributed by atoms with Crippen molar-refractivity contribution < 1.29 is 8.83 Å². The smallest absolute Gasteiger partial charge is 0.135 e. The first-order chi connectivity index (χ1) is 28.6. The van der Waals surface area contributed by atoms with Crippen molar-refractivity contribution in [1.82, 2.24) is 9.13 Å². The molecule has 4 aromatic heterocycles. The zero-order chi connectivity index (χ0) is 39.3. The third kappa shape index (κ3) is 5.81. The Hall–Kier alpha value is -6.52. The average Bonchev–Trinajstić information content (AvgIpc) is 4.01. The normalized spacial score (nSPS) is 13.2. The van der Waals surface area contributed by atoms with E-state index in [1.807, 2.05) is 0 Å². The summed E-state index contributed by atoms with van der Waals surface area (Å²) in [5.74, 6) is 2.19. The quantitative estimate of drug-likeness (QED) is 0.180. The van der Waals surface area contributed by atoms with Gasteiger partial charge in [-0.05, 0) is 96.8 Å². The molecule has 4 heteroatoms. The Kier molecular flexibility index (Phi) is 9.13. The van der Waals surface area contributed by atoms with Crippen LogP contribution in [0.3, 0.4) is 0 Å². The van der Waals surface area contributed by atoms with Crippen LogP contribution in [0, 0.1) is 0 Å². The molecule has 0 bridgehead atoms. The van der Waals surface area contributed by atoms with Gasteiger partial charge in [-0.2, -0.15) is 0 Å². The Morgan fingerprint density at radius 1 is 0.431 bits per heavy atom. The van der Waals surface area contributed by atoms with E-state index in [9.17, 15) is 0 Å². The summed E-state index contributed by atoms with van der Waals surface area (Å²) >= 11 is 0. The van der Waals surface area contributed by atoms with Gasteiger partial charge in [0, 0.05) is 67.7 Å². The van der Waals surface area contributed by atoms with E-state index in [0.717, 1.165) is 59.7 Å². The van der Waals surface area contributed by atoms with E-state index in [1.54, 1.807) is 0 Å². The van der Waals surface area contributed by atoms with Crippen LogP contribution in [0.25, 0.3) is 100 Å². The molecule has 0 fully saturated rings. The highest BCUT2D eigenvalue weighted by atomic mass is 16.3. The first-order valence-electron chi connectivity index (χ1n) is 21.1. The van der Waals surface area contributed by atoms with Crippen molar-refractivity contribution in [1.29, 1.82) is 0 Å². The van der Waals surface area contributed by atoms with E-state index in [-0.39, 0.29) is 0 Å². The van der Waals surface area contributed by atoms with Gasteiger partial charge >= 0.3 is 0 Å². The second kappa shape index (κ2) is 14.8. The second-order valence-electron chi connectivity index (χ2n) is 15.7. The summed E-state index contributed by atoms with van der Waals surface area (Å²) in [6.07, 6.45) is 15.4. The zero-order valence-corrected chi connectivity index (χ0v) is 33.8. The fourth-order valence-electron chi connectivity index (χ4n) is 9.02. The number of hydrogen-bond acceptors (Lipinski definition) is 2. The molecular formula is C54H48N2O2. The maximum Gasteiger partial charge on any atom is 0.135 e. The molecule has 0 radical (unpaired) electrons. The van der Waals surface area contributed by atoms with Crippen molar-refractivity contribution in [3.63, 3.8) is 0 Å². The van der Waals surface area contributed by atoms with Crippen LogP contribution in [0.2, 0.25) is 0 Å². The molecular weight excluding hydrogens is 709 g/mol. The summed E-state index contributed by atoms with van der Waals surface area (Å²) < 4.78 is 17.3. The van der Waals surface area contributed by atoms with Gasteiger partial charge < -0.3 is 18.0 Å². The van der Waals surface area contributed by atoms with Gasteiger partial charge in [-0.15, -0.1) is 0 Å². The molecule has 286 valence electrons. The van der Waals surface area contributed by atoms with Gasteiger partial charge in [0.25, 0.3) is 0 Å². The summed E-state index contributed by atoms with van der Waals surface area (Å²) in [6.45, 7) is 8.50. The Morgan fingerprint density at radius 2 is 0.845 bits per heavy atom. The van der Waals surface area contributed by atoms with Gasteiger partial charge in [0.05, 0.1) is 22.1 Å². The molecule has 0 saturated heterocycles. The standard InChI is InChI=1S/C48H32N2O2.2C3H8/c1-5-13-41-33(9-1)37-25-29(17-21-43(37)49(41)31-19-23-47-39(27-31)35-11-3-7-15-45(35)51-47)30-18-22-44-38(26-30)34-10-2-6-14-42(34)50(44)32-20-24-48-40(28-32)36-12-4-8-16-46(36)52-48;2*1-3-2/h1-6,9-14,17-28H,7-8,15-16H2;2*3H2,1-2H3. The van der Waals surface area contributed by atoms with E-state index < -0.39 is 0 Å². The topological polar surface area (TPSA) is 36.1 Å². The monoisotopic (exact) mass is 756 g/mol. The van der Waals surface area contributed by atoms with Gasteiger partial charge in [-0.25, -0.2) is 0 Å². The Morgan fingerprint density at radius 3 is 1.29 bits per heavy atom. The van der Waals surface area contributed by atoms with Crippen LogP contribution in [0.1, 0.15) is 76.0 Å². The number of para-hydroxylation sites is 2. The number of aromatic nitrogens is 2. The average molecular weight is 757 g/mol. The van der Waals surface area contributed by atoms with Gasteiger partial charge in [0.1, 0.15) is 22.7 Å². The fraction of sp³-hybridized carbons (Fsp3) is 0.185. The number of furan rings is 2. The van der Waals surface area contributed by atoms with E-state index >= 15 is 0 Å². The predicted octanol–water partition coefficient (Wildman–Crippen LogP) is 15.8. The Labute approximate surface area is 339 Å². The molecule has 4 heterocycles. The van der Waals surface area contributed by atoms with Crippen LogP contribution in [0.5, 0.6) is 0 Å². The fourth-order valence-corrected chi connectivity index (χ4v) is 9.02. The number of aryl methyl sites for hydroxylation is 2. The van der Waals surface area contributed by atoms with Crippen LogP contribution >= 0.6 is 0 Å². The van der Waals surface area contributed by atoms with Crippen molar-refractivity contribution in [3.05, 3.63) is 156 Å². The lowest BCUT2D eigenvalue weighted by Gasteiger charge is -2.10. The molecule has 0 aliphatic heterocycles. The Balaban J connectivity index is 0.000000644. The van der Waals surface area contributed by atoms with Crippen LogP contribution in [0.15, 0.2) is 142 Å². The SMILES string of the molecule is C1=Cc2c(oc3ccc(-n4c5ccccc5c5cc(-c6ccc7c(c6)c6ccccc6n7-c6ccc7oc8c(c7c6)C=CCC8)ccc54)cc23)CC1.CCC.CCC. The van der Waals surface area contributed by atoms with Gasteiger partial charge in [-0.1, -0.05) is 113 Å². The molecule has 58 heavy (non-hydrogen) atoms. The number of benzene rings is 6. The van der Waals surface area contributed by atoms with Crippen molar-refractivity contribution in [2.45, 2.75) is 66.2 Å². The molecule has 0 spiro atoms. The molecule has 4 nitrogen and oxygen atoms in total. The van der Waals surface area contributed by atoms with Gasteiger partial charge in [0.15, 0.2) is 0 Å². The van der Waals surface area contributed by atoms with Gasteiger partial charge in [-0.3, -0.25) is 0 Å². The maximum atomic E-state index is 6.25. The highest BCUT2D eigenvalue weighted by Crippen LogP contribution is 2.41. The maximum absolute atomic E-state index is 6.25. The summed E-state index contributed by atoms with van der Waals surface area (Å²) in [5, 5.41) is 7.35. The van der Waals surface area contributed by atoms with Crippen molar-refractivity contribution in [2.75, 3.05) is 0 Å². The van der Waals surface area contributed by atoms with E-state index in [1.165, 1.54) is 89.5 Å². The first kappa shape index (κ1) is 35.9. The minimum atomic E-state index is 0.957. The predicted molar refractivity (Wildman–Crippen MR) is 247 cm³/mol. The third-order valence-corrected chi connectivity index (χ3v) is 11.4. The number of nitrogens with zero attached hydrogens (tertiary/aromatic N) is 2. The third-order valence-electron chi connectivity index (χ3n) is 11.4. The Bertz CT molecular complexity index is 3010. The van der Waals surface area contributed by atoms with E-state index in [4.69, 9.17) is 8.83 Å². The molecule has 2 aliphatic carbocycles. The number of allylic oxidation sites excluding steroid dienone is 2. The first-order valence-corrected chi connectivity index (χ1v) is 21.1. The van der Waals surface area contributed by atoms with Gasteiger partial charge in [0.2, 0.25) is 0 Å². The second-order valence-corrected chi connectivity index (χ2v) is 15.7. The molecule has 0 unspecified atom stereocenters. The molecule has 2 aliphatic rings. The minimum absolute atomic E-state index is 0.957. The van der Waals surface area contributed by atoms with E-state index in [2.05, 4.69) is 182 Å². The molecule has 0 atom stereocenters. The molecule has 0 N–H and O–H groups in total. The number of rotatable bonds is 3. The molecule has 6 aromatic carbocycles. The van der Waals surface area contributed by atoms with Crippen molar-refractivity contribution >= 4 is 77.7 Å². The van der Waals surface area contributed by atoms with Crippen LogP contribution in [-0.2, 0) is 12.8 Å². The van der Waals surface area contributed by atoms with Crippen molar-refractivity contribution in [2.24, 2.45) is 0 Å². The zero-order valence-electron chi connectivity index (χ0n) is 33.8. The highest BCUT2D eigenvalue weighted by Gasteiger charge is 2.20. The molecule has 0 saturated carbocycles. The minimum Gasteiger partial charge on any atom is -0.460 e. The molecule has 0 amide bonds. The highest BCUT2D eigenvalue weighted by molar-refractivity contribution is 6.13. The molecule has 10 aromatic rings. The lowest BCUT2D eigenvalue weighted by Crippen LogP contribution is -1.94. The van der Waals surface area contributed by atoms with Crippen LogP contribution in [-0.4, -0.2) is 9.13 Å². The van der Waals surface area contributed by atoms with Crippen LogP contribution < -0.4 is 0 Å². The molecule has 12 rings (SSSR count). The number of fused-ring (bicyclic) bond motifs is 12. The summed E-state index contributed by atoms with van der Waals surface area (Å²) in [4.78, 5) is 0. The van der Waals surface area contributed by atoms with Crippen molar-refractivity contribution in [3.8, 4) is 22.5 Å². The lowest BCUT2D eigenvalue weighted by molar-refractivity contribution is 0.546. The summed E-state index contributed by atoms with van der Waals surface area (Å²) in [6, 6.07) is 44.7. The lowest BCUT2D eigenvalue weighted by atomic mass is 10.0.